The molecule has 0 aliphatic heterocycles. The monoisotopic (exact) mass is 341 g/mol. The smallest absolute Gasteiger partial charge is 0.251 e. The summed E-state index contributed by atoms with van der Waals surface area (Å²) >= 11 is 0. The number of amides is 1. The van der Waals surface area contributed by atoms with Crippen LogP contribution in [0.4, 0.5) is 0 Å². The highest BCUT2D eigenvalue weighted by molar-refractivity contribution is 7.89. The number of benzene rings is 1. The Morgan fingerprint density at radius 2 is 1.87 bits per heavy atom. The van der Waals surface area contributed by atoms with Crippen LogP contribution in [0.3, 0.4) is 0 Å². The van der Waals surface area contributed by atoms with Gasteiger partial charge in [0.2, 0.25) is 10.0 Å². The predicted octanol–water partition coefficient (Wildman–Crippen LogP) is 1.36. The number of hydrogen-bond acceptors (Lipinski definition) is 4. The van der Waals surface area contributed by atoms with Gasteiger partial charge in [-0.1, -0.05) is 13.0 Å². The third-order valence-corrected chi connectivity index (χ3v) is 5.53. The Balaban J connectivity index is 3.02. The molecule has 0 aromatic heterocycles. The first-order chi connectivity index (χ1) is 10.5. The van der Waals surface area contributed by atoms with Gasteiger partial charge in [0.1, 0.15) is 0 Å². The number of nitrogens with zero attached hydrogens (tertiary/aromatic N) is 1. The van der Waals surface area contributed by atoms with E-state index in [1.165, 1.54) is 12.1 Å². The van der Waals surface area contributed by atoms with Crippen LogP contribution in [0.1, 0.15) is 36.7 Å². The van der Waals surface area contributed by atoms with Crippen molar-refractivity contribution >= 4 is 15.9 Å². The number of hydrogen-bond donors (Lipinski definition) is 2. The van der Waals surface area contributed by atoms with Crippen molar-refractivity contribution in [3.05, 3.63) is 29.3 Å². The zero-order chi connectivity index (χ0) is 17.8. The summed E-state index contributed by atoms with van der Waals surface area (Å²) in [5.74, 6) is -0.272. The first-order valence-corrected chi connectivity index (χ1v) is 9.05. The number of sulfonamides is 1. The van der Waals surface area contributed by atoms with Crippen molar-refractivity contribution in [2.75, 3.05) is 27.2 Å². The van der Waals surface area contributed by atoms with E-state index in [2.05, 4.69) is 10.0 Å². The molecule has 0 unspecified atom stereocenters. The standard InChI is InChI=1S/C16H27N3O3S/c1-7-18-23(21,22)13-9-8-12(2)14(10-13)15(20)17-11-16(3,4)19(5)6/h8-10,18H,7,11H2,1-6H3,(H,17,20). The molecule has 2 N–H and O–H groups in total. The fourth-order valence-corrected chi connectivity index (χ4v) is 2.90. The zero-order valence-electron chi connectivity index (χ0n) is 14.7. The molecule has 0 saturated carbocycles. The molecule has 0 bridgehead atoms. The van der Waals surface area contributed by atoms with Gasteiger partial charge in [0.25, 0.3) is 5.91 Å². The summed E-state index contributed by atoms with van der Waals surface area (Å²) in [7, 11) is 0.313. The summed E-state index contributed by atoms with van der Waals surface area (Å²) in [5.41, 5.74) is 0.913. The molecule has 0 aliphatic carbocycles. The highest BCUT2D eigenvalue weighted by Crippen LogP contribution is 2.16. The van der Waals surface area contributed by atoms with Crippen molar-refractivity contribution < 1.29 is 13.2 Å². The fraction of sp³-hybridized carbons (Fsp3) is 0.562. The highest BCUT2D eigenvalue weighted by Gasteiger charge is 2.22. The van der Waals surface area contributed by atoms with E-state index < -0.39 is 10.0 Å². The van der Waals surface area contributed by atoms with Crippen LogP contribution in [0.2, 0.25) is 0 Å². The van der Waals surface area contributed by atoms with Crippen molar-refractivity contribution in [2.45, 2.75) is 38.1 Å². The third-order valence-electron chi connectivity index (χ3n) is 3.99. The SMILES string of the molecule is CCNS(=O)(=O)c1ccc(C)c(C(=O)NCC(C)(C)N(C)C)c1. The minimum absolute atomic E-state index is 0.0990. The van der Waals surface area contributed by atoms with Crippen molar-refractivity contribution in [3.8, 4) is 0 Å². The van der Waals surface area contributed by atoms with Gasteiger partial charge in [-0.2, -0.15) is 0 Å². The first-order valence-electron chi connectivity index (χ1n) is 7.57. The van der Waals surface area contributed by atoms with Gasteiger partial charge in [0.15, 0.2) is 0 Å². The average Bonchev–Trinajstić information content (AvgIpc) is 2.44. The number of carbonyl (C=O) groups excluding carboxylic acids is 1. The summed E-state index contributed by atoms with van der Waals surface area (Å²) in [6.45, 7) is 8.30. The minimum Gasteiger partial charge on any atom is -0.350 e. The Labute approximate surface area is 139 Å². The summed E-state index contributed by atoms with van der Waals surface area (Å²) < 4.78 is 26.6. The van der Waals surface area contributed by atoms with Crippen LogP contribution in [-0.4, -0.2) is 51.9 Å². The largest absolute Gasteiger partial charge is 0.350 e. The summed E-state index contributed by atoms with van der Waals surface area (Å²) in [5, 5.41) is 2.88. The van der Waals surface area contributed by atoms with Crippen molar-refractivity contribution in [2.24, 2.45) is 0 Å². The van der Waals surface area contributed by atoms with E-state index in [4.69, 9.17) is 0 Å². The number of aryl methyl sites for hydroxylation is 1. The molecule has 1 aromatic carbocycles. The van der Waals surface area contributed by atoms with Crippen molar-refractivity contribution in [1.82, 2.24) is 14.9 Å². The van der Waals surface area contributed by atoms with Crippen LogP contribution < -0.4 is 10.0 Å². The second-order valence-corrected chi connectivity index (χ2v) is 8.13. The molecule has 0 heterocycles. The Kier molecular flexibility index (Phi) is 6.33. The summed E-state index contributed by atoms with van der Waals surface area (Å²) in [6, 6.07) is 4.58. The normalized spacial score (nSPS) is 12.5. The second kappa shape index (κ2) is 7.42. The molecule has 1 aromatic rings. The summed E-state index contributed by atoms with van der Waals surface area (Å²) in [6.07, 6.45) is 0. The van der Waals surface area contributed by atoms with Crippen LogP contribution in [-0.2, 0) is 10.0 Å². The lowest BCUT2D eigenvalue weighted by Gasteiger charge is -2.32. The molecule has 0 fully saturated rings. The molecule has 6 nitrogen and oxygen atoms in total. The number of rotatable bonds is 7. The maximum Gasteiger partial charge on any atom is 0.251 e. The molecular formula is C16H27N3O3S. The van der Waals surface area contributed by atoms with E-state index in [0.717, 1.165) is 5.56 Å². The van der Waals surface area contributed by atoms with Crippen LogP contribution >= 0.6 is 0 Å². The number of carbonyl (C=O) groups is 1. The van der Waals surface area contributed by atoms with Gasteiger partial charge >= 0.3 is 0 Å². The van der Waals surface area contributed by atoms with Gasteiger partial charge in [-0.25, -0.2) is 13.1 Å². The highest BCUT2D eigenvalue weighted by atomic mass is 32.2. The lowest BCUT2D eigenvalue weighted by molar-refractivity contribution is 0.0919. The molecule has 0 atom stereocenters. The third kappa shape index (κ3) is 5.02. The van der Waals surface area contributed by atoms with Gasteiger partial charge in [-0.3, -0.25) is 4.79 Å². The lowest BCUT2D eigenvalue weighted by Crippen LogP contribution is -2.48. The van der Waals surface area contributed by atoms with Crippen LogP contribution in [0.5, 0.6) is 0 Å². The average molecular weight is 341 g/mol. The van der Waals surface area contributed by atoms with E-state index in [1.54, 1.807) is 19.9 Å². The maximum absolute atomic E-state index is 12.4. The molecular weight excluding hydrogens is 314 g/mol. The Hall–Kier alpha value is -1.44. The van der Waals surface area contributed by atoms with Crippen molar-refractivity contribution in [3.63, 3.8) is 0 Å². The molecule has 1 rings (SSSR count). The van der Waals surface area contributed by atoms with Crippen LogP contribution in [0.15, 0.2) is 23.1 Å². The molecule has 23 heavy (non-hydrogen) atoms. The second-order valence-electron chi connectivity index (χ2n) is 6.37. The quantitative estimate of drug-likeness (QED) is 0.785. The van der Waals surface area contributed by atoms with E-state index in [0.29, 0.717) is 18.7 Å². The Bertz CT molecular complexity index is 667. The molecule has 1 amide bonds. The first kappa shape index (κ1) is 19.6. The van der Waals surface area contributed by atoms with E-state index >= 15 is 0 Å². The molecule has 7 heteroatoms. The van der Waals surface area contributed by atoms with Gasteiger partial charge in [0, 0.05) is 24.2 Å². The van der Waals surface area contributed by atoms with Gasteiger partial charge in [0.05, 0.1) is 4.90 Å². The predicted molar refractivity (Wildman–Crippen MR) is 92.1 cm³/mol. The lowest BCUT2D eigenvalue weighted by atomic mass is 10.0. The van der Waals surface area contributed by atoms with Crippen LogP contribution in [0.25, 0.3) is 0 Å². The van der Waals surface area contributed by atoms with Crippen molar-refractivity contribution in [1.29, 1.82) is 0 Å². The maximum atomic E-state index is 12.4. The van der Waals surface area contributed by atoms with Gasteiger partial charge in [-0.05, 0) is 52.6 Å². The topological polar surface area (TPSA) is 78.5 Å². The fourth-order valence-electron chi connectivity index (χ4n) is 1.84. The molecule has 130 valence electrons. The molecule has 0 saturated heterocycles. The molecule has 0 spiro atoms. The van der Waals surface area contributed by atoms with Crippen LogP contribution in [0, 0.1) is 6.92 Å². The molecule has 0 aliphatic rings. The molecule has 0 radical (unpaired) electrons. The number of nitrogens with one attached hydrogen (secondary N) is 2. The van der Waals surface area contributed by atoms with E-state index in [-0.39, 0.29) is 16.3 Å². The number of likely N-dealkylation sites (N-methyl/N-ethyl adjacent to an activating group) is 1. The van der Waals surface area contributed by atoms with Gasteiger partial charge in [-0.15, -0.1) is 0 Å². The minimum atomic E-state index is -3.58. The summed E-state index contributed by atoms with van der Waals surface area (Å²) in [4.78, 5) is 14.5. The van der Waals surface area contributed by atoms with E-state index in [9.17, 15) is 13.2 Å². The zero-order valence-corrected chi connectivity index (χ0v) is 15.5. The Morgan fingerprint density at radius 3 is 2.39 bits per heavy atom. The van der Waals surface area contributed by atoms with Gasteiger partial charge < -0.3 is 10.2 Å². The Morgan fingerprint density at radius 1 is 1.26 bits per heavy atom. The van der Waals surface area contributed by atoms with E-state index in [1.807, 2.05) is 32.8 Å².